The molecule has 1 saturated heterocycles. The number of morpholine rings is 1. The van der Waals surface area contributed by atoms with Crippen molar-refractivity contribution in [3.8, 4) is 5.75 Å². The van der Waals surface area contributed by atoms with Crippen molar-refractivity contribution < 1.29 is 18.7 Å². The first-order valence-corrected chi connectivity index (χ1v) is 9.11. The first-order valence-electron chi connectivity index (χ1n) is 9.11. The van der Waals surface area contributed by atoms with Gasteiger partial charge in [0.15, 0.2) is 11.6 Å². The smallest absolute Gasteiger partial charge is 0.244 e. The minimum Gasteiger partial charge on any atom is -0.494 e. The lowest BCUT2D eigenvalue weighted by molar-refractivity contribution is -0.116. The van der Waals surface area contributed by atoms with Crippen LogP contribution in [0.4, 0.5) is 4.39 Å². The summed E-state index contributed by atoms with van der Waals surface area (Å²) in [6.07, 6.45) is 4.06. The van der Waals surface area contributed by atoms with Crippen molar-refractivity contribution in [1.82, 2.24) is 10.2 Å². The lowest BCUT2D eigenvalue weighted by Crippen LogP contribution is -2.49. The van der Waals surface area contributed by atoms with Gasteiger partial charge in [-0.3, -0.25) is 9.69 Å². The van der Waals surface area contributed by atoms with E-state index >= 15 is 0 Å². The Morgan fingerprint density at radius 1 is 1.38 bits per heavy atom. The van der Waals surface area contributed by atoms with Crippen molar-refractivity contribution in [1.29, 1.82) is 0 Å². The standard InChI is InChI=1S/C20H29FN2O3/c1-15(2)12-17(23-8-10-26-11-9-23)14-22-20(24)7-5-16-4-6-19(25-3)18(21)13-16/h4-7,13,15,17H,8-12,14H2,1-3H3,(H,22,24)/b7-5+. The highest BCUT2D eigenvalue weighted by Gasteiger charge is 2.22. The average molecular weight is 364 g/mol. The third-order valence-electron chi connectivity index (χ3n) is 4.42. The predicted molar refractivity (Wildman–Crippen MR) is 101 cm³/mol. The van der Waals surface area contributed by atoms with Gasteiger partial charge < -0.3 is 14.8 Å². The van der Waals surface area contributed by atoms with Crippen molar-refractivity contribution in [2.45, 2.75) is 26.3 Å². The van der Waals surface area contributed by atoms with Gasteiger partial charge in [0.1, 0.15) is 0 Å². The predicted octanol–water partition coefficient (Wildman–Crippen LogP) is 2.71. The maximum atomic E-state index is 13.7. The topological polar surface area (TPSA) is 50.8 Å². The zero-order valence-electron chi connectivity index (χ0n) is 15.8. The molecule has 0 aromatic heterocycles. The molecule has 1 aliphatic rings. The van der Waals surface area contributed by atoms with Crippen LogP contribution in [0.5, 0.6) is 5.75 Å². The molecular formula is C20H29FN2O3. The van der Waals surface area contributed by atoms with E-state index in [1.54, 1.807) is 18.2 Å². The van der Waals surface area contributed by atoms with Gasteiger partial charge in [0.25, 0.3) is 0 Å². The number of amides is 1. The minimum atomic E-state index is -0.445. The van der Waals surface area contributed by atoms with Crippen LogP contribution in [0.1, 0.15) is 25.8 Å². The second-order valence-electron chi connectivity index (χ2n) is 6.90. The van der Waals surface area contributed by atoms with E-state index in [1.165, 1.54) is 19.3 Å². The Hall–Kier alpha value is -1.92. The molecule has 0 radical (unpaired) electrons. The van der Waals surface area contributed by atoms with Crippen LogP contribution in [-0.2, 0) is 9.53 Å². The van der Waals surface area contributed by atoms with Crippen LogP contribution < -0.4 is 10.1 Å². The molecule has 1 amide bonds. The summed E-state index contributed by atoms with van der Waals surface area (Å²) in [5.74, 6) is 0.119. The number of hydrogen-bond acceptors (Lipinski definition) is 4. The Balaban J connectivity index is 1.89. The van der Waals surface area contributed by atoms with Gasteiger partial charge in [-0.05, 0) is 36.1 Å². The van der Waals surface area contributed by atoms with E-state index in [9.17, 15) is 9.18 Å². The van der Waals surface area contributed by atoms with Crippen LogP contribution in [-0.4, -0.2) is 56.8 Å². The van der Waals surface area contributed by atoms with E-state index < -0.39 is 5.82 Å². The highest BCUT2D eigenvalue weighted by Crippen LogP contribution is 2.18. The molecule has 144 valence electrons. The summed E-state index contributed by atoms with van der Waals surface area (Å²) in [7, 11) is 1.42. The summed E-state index contributed by atoms with van der Waals surface area (Å²) < 4.78 is 24.0. The van der Waals surface area contributed by atoms with Gasteiger partial charge >= 0.3 is 0 Å². The monoisotopic (exact) mass is 364 g/mol. The molecule has 6 heteroatoms. The van der Waals surface area contributed by atoms with E-state index in [1.807, 2.05) is 0 Å². The van der Waals surface area contributed by atoms with Crippen molar-refractivity contribution in [2.75, 3.05) is 40.0 Å². The minimum absolute atomic E-state index is 0.178. The molecule has 0 spiro atoms. The van der Waals surface area contributed by atoms with E-state index in [0.29, 0.717) is 24.1 Å². The Morgan fingerprint density at radius 2 is 2.12 bits per heavy atom. The molecule has 26 heavy (non-hydrogen) atoms. The third kappa shape index (κ3) is 6.42. The first kappa shape index (κ1) is 20.4. The maximum absolute atomic E-state index is 13.7. The second kappa shape index (κ2) is 10.3. The summed E-state index contributed by atoms with van der Waals surface area (Å²) in [5.41, 5.74) is 0.616. The van der Waals surface area contributed by atoms with Gasteiger partial charge in [0.05, 0.1) is 20.3 Å². The number of halogens is 1. The molecule has 0 aliphatic carbocycles. The normalized spacial score (nSPS) is 16.8. The van der Waals surface area contributed by atoms with Gasteiger partial charge in [-0.1, -0.05) is 19.9 Å². The van der Waals surface area contributed by atoms with Gasteiger partial charge in [0.2, 0.25) is 5.91 Å². The zero-order valence-corrected chi connectivity index (χ0v) is 15.8. The molecule has 1 aromatic rings. The quantitative estimate of drug-likeness (QED) is 0.721. The van der Waals surface area contributed by atoms with E-state index in [2.05, 4.69) is 24.1 Å². The van der Waals surface area contributed by atoms with Crippen molar-refractivity contribution in [3.63, 3.8) is 0 Å². The number of ether oxygens (including phenoxy) is 2. The van der Waals surface area contributed by atoms with Crippen molar-refractivity contribution in [2.24, 2.45) is 5.92 Å². The fourth-order valence-electron chi connectivity index (χ4n) is 3.08. The SMILES string of the molecule is COc1ccc(/C=C/C(=O)NCC(CC(C)C)N2CCOCC2)cc1F. The fourth-order valence-corrected chi connectivity index (χ4v) is 3.08. The molecule has 1 unspecified atom stereocenters. The molecule has 2 rings (SSSR count). The number of hydrogen-bond donors (Lipinski definition) is 1. The summed E-state index contributed by atoms with van der Waals surface area (Å²) in [5, 5.41) is 2.97. The Labute approximate surface area is 155 Å². The fraction of sp³-hybridized carbons (Fsp3) is 0.550. The number of rotatable bonds is 8. The van der Waals surface area contributed by atoms with Crippen LogP contribution in [0.2, 0.25) is 0 Å². The van der Waals surface area contributed by atoms with Crippen LogP contribution in [0.15, 0.2) is 24.3 Å². The average Bonchev–Trinajstić information content (AvgIpc) is 2.64. The van der Waals surface area contributed by atoms with Gasteiger partial charge in [-0.15, -0.1) is 0 Å². The molecule has 1 atom stereocenters. The lowest BCUT2D eigenvalue weighted by Gasteiger charge is -2.35. The van der Waals surface area contributed by atoms with E-state index in [4.69, 9.17) is 9.47 Å². The number of nitrogens with one attached hydrogen (secondary N) is 1. The summed E-state index contributed by atoms with van der Waals surface area (Å²) in [6.45, 7) is 8.25. The van der Waals surface area contributed by atoms with Gasteiger partial charge in [-0.2, -0.15) is 0 Å². The molecule has 0 bridgehead atoms. The molecule has 1 fully saturated rings. The molecular weight excluding hydrogens is 335 g/mol. The molecule has 1 aliphatic heterocycles. The van der Waals surface area contributed by atoms with Crippen LogP contribution in [0.3, 0.4) is 0 Å². The summed E-state index contributed by atoms with van der Waals surface area (Å²) in [6, 6.07) is 4.90. The number of carbonyl (C=O) groups excluding carboxylic acids is 1. The number of carbonyl (C=O) groups is 1. The zero-order chi connectivity index (χ0) is 18.9. The Morgan fingerprint density at radius 3 is 2.73 bits per heavy atom. The van der Waals surface area contributed by atoms with E-state index in [-0.39, 0.29) is 11.7 Å². The first-order chi connectivity index (χ1) is 12.5. The number of nitrogens with zero attached hydrogens (tertiary/aromatic N) is 1. The van der Waals surface area contributed by atoms with Crippen molar-refractivity contribution >= 4 is 12.0 Å². The van der Waals surface area contributed by atoms with Crippen molar-refractivity contribution in [3.05, 3.63) is 35.7 Å². The molecule has 1 heterocycles. The maximum Gasteiger partial charge on any atom is 0.244 e. The Kier molecular flexibility index (Phi) is 8.06. The third-order valence-corrected chi connectivity index (χ3v) is 4.42. The van der Waals surface area contributed by atoms with E-state index in [0.717, 1.165) is 32.7 Å². The second-order valence-corrected chi connectivity index (χ2v) is 6.90. The molecule has 1 aromatic carbocycles. The molecule has 5 nitrogen and oxygen atoms in total. The van der Waals surface area contributed by atoms with Gasteiger partial charge in [0, 0.05) is 31.8 Å². The highest BCUT2D eigenvalue weighted by molar-refractivity contribution is 5.91. The number of benzene rings is 1. The number of methoxy groups -OCH3 is 1. The molecule has 0 saturated carbocycles. The van der Waals surface area contributed by atoms with Crippen LogP contribution in [0.25, 0.3) is 6.08 Å². The molecule has 1 N–H and O–H groups in total. The van der Waals surface area contributed by atoms with Gasteiger partial charge in [-0.25, -0.2) is 4.39 Å². The van der Waals surface area contributed by atoms with Crippen LogP contribution >= 0.6 is 0 Å². The lowest BCUT2D eigenvalue weighted by atomic mass is 10.0. The summed E-state index contributed by atoms with van der Waals surface area (Å²) in [4.78, 5) is 14.5. The highest BCUT2D eigenvalue weighted by atomic mass is 19.1. The summed E-state index contributed by atoms with van der Waals surface area (Å²) >= 11 is 0. The van der Waals surface area contributed by atoms with Crippen LogP contribution in [0, 0.1) is 11.7 Å². The largest absolute Gasteiger partial charge is 0.494 e. The Bertz CT molecular complexity index is 613.